The van der Waals surface area contributed by atoms with Crippen LogP contribution in [0.2, 0.25) is 0 Å². The van der Waals surface area contributed by atoms with Crippen LogP contribution in [0, 0.1) is 6.92 Å². The van der Waals surface area contributed by atoms with Crippen molar-refractivity contribution in [3.63, 3.8) is 0 Å². The summed E-state index contributed by atoms with van der Waals surface area (Å²) < 4.78 is 31.8. The van der Waals surface area contributed by atoms with E-state index in [0.29, 0.717) is 10.6 Å². The van der Waals surface area contributed by atoms with Gasteiger partial charge in [0, 0.05) is 18.2 Å². The van der Waals surface area contributed by atoms with Gasteiger partial charge in [-0.25, -0.2) is 23.9 Å². The number of alkyl halides is 1. The molecular formula is C29H38FN7O6. The highest BCUT2D eigenvalue weighted by molar-refractivity contribution is 6.10. The molecule has 0 saturated heterocycles. The van der Waals surface area contributed by atoms with Gasteiger partial charge >= 0.3 is 12.2 Å². The fourth-order valence-corrected chi connectivity index (χ4v) is 3.96. The molecule has 0 bridgehead atoms. The Labute approximate surface area is 249 Å². The van der Waals surface area contributed by atoms with Gasteiger partial charge in [0.15, 0.2) is 11.5 Å². The molecule has 0 spiro atoms. The fourth-order valence-electron chi connectivity index (χ4n) is 3.96. The van der Waals surface area contributed by atoms with Crippen molar-refractivity contribution in [3.8, 4) is 5.88 Å². The molecule has 3 amide bonds. The largest absolute Gasteiger partial charge is 0.473 e. The van der Waals surface area contributed by atoms with Gasteiger partial charge in [-0.1, -0.05) is 0 Å². The first kappa shape index (κ1) is 31.4. The average Bonchev–Trinajstić information content (AvgIpc) is 3.37. The molecule has 3 aromatic rings. The number of amides is 3. The lowest BCUT2D eigenvalue weighted by Gasteiger charge is -2.29. The predicted molar refractivity (Wildman–Crippen MR) is 157 cm³/mol. The van der Waals surface area contributed by atoms with E-state index in [1.165, 1.54) is 10.7 Å². The van der Waals surface area contributed by atoms with Crippen molar-refractivity contribution in [1.29, 1.82) is 0 Å². The van der Waals surface area contributed by atoms with Crippen LogP contribution in [-0.2, 0) is 9.47 Å². The van der Waals surface area contributed by atoms with Crippen LogP contribution in [-0.4, -0.2) is 67.2 Å². The van der Waals surface area contributed by atoms with Gasteiger partial charge in [0.05, 0.1) is 18.3 Å². The van der Waals surface area contributed by atoms with Crippen molar-refractivity contribution in [1.82, 2.24) is 24.9 Å². The maximum absolute atomic E-state index is 13.6. The van der Waals surface area contributed by atoms with Gasteiger partial charge in [-0.05, 0) is 74.4 Å². The summed E-state index contributed by atoms with van der Waals surface area (Å²) in [7, 11) is 0. The molecule has 2 atom stereocenters. The molecule has 13 nitrogen and oxygen atoms in total. The number of ether oxygens (including phenoxy) is 3. The summed E-state index contributed by atoms with van der Waals surface area (Å²) in [4.78, 5) is 50.1. The van der Waals surface area contributed by atoms with Gasteiger partial charge in [0.2, 0.25) is 5.88 Å². The van der Waals surface area contributed by atoms with Gasteiger partial charge in [0.1, 0.15) is 34.4 Å². The Morgan fingerprint density at radius 3 is 2.23 bits per heavy atom. The summed E-state index contributed by atoms with van der Waals surface area (Å²) >= 11 is 0. The Bertz CT molecular complexity index is 1510. The van der Waals surface area contributed by atoms with Crippen LogP contribution >= 0.6 is 0 Å². The molecule has 2 N–H and O–H groups in total. The maximum atomic E-state index is 13.6. The van der Waals surface area contributed by atoms with Crippen molar-refractivity contribution in [2.24, 2.45) is 0 Å². The minimum absolute atomic E-state index is 0.00145. The maximum Gasteiger partial charge on any atom is 0.425 e. The third kappa shape index (κ3) is 7.48. The van der Waals surface area contributed by atoms with Gasteiger partial charge < -0.3 is 24.8 Å². The topological polar surface area (TPSA) is 149 Å². The summed E-state index contributed by atoms with van der Waals surface area (Å²) in [6, 6.07) is 2.79. The van der Waals surface area contributed by atoms with Gasteiger partial charge in [-0.15, -0.1) is 0 Å². The van der Waals surface area contributed by atoms with Crippen LogP contribution in [0.25, 0.3) is 5.65 Å². The summed E-state index contributed by atoms with van der Waals surface area (Å²) in [5.41, 5.74) is -1.23. The van der Waals surface area contributed by atoms with E-state index in [9.17, 15) is 18.8 Å². The SMILES string of the molecule is Cc1c(Nc2cccnc2OC(C)C)nc2c(C(=O)N[C@@H]3C[C@@H]3F)cnn2c1N(C(=O)OC(C)(C)C)C(=O)OC(C)(C)C. The molecule has 14 heteroatoms. The second kappa shape index (κ2) is 11.7. The molecule has 1 fully saturated rings. The number of halogens is 1. The smallest absolute Gasteiger partial charge is 0.425 e. The van der Waals surface area contributed by atoms with E-state index in [2.05, 4.69) is 25.7 Å². The van der Waals surface area contributed by atoms with Gasteiger partial charge in [-0.2, -0.15) is 14.5 Å². The van der Waals surface area contributed by atoms with E-state index >= 15 is 0 Å². The standard InChI is InChI=1S/C29H38FN7O6/c1-15(2)41-24-19(11-10-12-31-24)33-21-16(3)25(36(26(39)42-28(4,5)6)27(40)43-29(7,8)9)37-22(35-21)17(14-32-37)23(38)34-20-13-18(20)30/h10-12,14-15,18,20H,13H2,1-9H3,(H,33,35)(H,34,38)/t18-,20+/m0/s1. The monoisotopic (exact) mass is 599 g/mol. The Hall–Kier alpha value is -4.49. The van der Waals surface area contributed by atoms with Crippen molar-refractivity contribution < 1.29 is 33.0 Å². The number of nitrogens with zero attached hydrogens (tertiary/aromatic N) is 5. The molecule has 1 aliphatic rings. The first-order chi connectivity index (χ1) is 19.9. The summed E-state index contributed by atoms with van der Waals surface area (Å²) in [6.45, 7) is 15.3. The highest BCUT2D eigenvalue weighted by atomic mass is 19.1. The number of hydrogen-bond donors (Lipinski definition) is 2. The number of anilines is 3. The molecule has 0 aliphatic heterocycles. The van der Waals surface area contributed by atoms with Crippen molar-refractivity contribution in [2.45, 2.75) is 98.3 Å². The Morgan fingerprint density at radius 1 is 1.09 bits per heavy atom. The van der Waals surface area contributed by atoms with Crippen molar-refractivity contribution in [3.05, 3.63) is 35.7 Å². The fraction of sp³-hybridized carbons (Fsp3) is 0.517. The van der Waals surface area contributed by atoms with Crippen LogP contribution < -0.4 is 20.3 Å². The number of pyridine rings is 1. The highest BCUT2D eigenvalue weighted by Crippen LogP contribution is 2.34. The first-order valence-corrected chi connectivity index (χ1v) is 13.9. The van der Waals surface area contributed by atoms with Crippen molar-refractivity contribution in [2.75, 3.05) is 10.2 Å². The third-order valence-electron chi connectivity index (χ3n) is 5.86. The minimum atomic E-state index is -1.13. The Kier molecular flexibility index (Phi) is 8.52. The number of aromatic nitrogens is 4. The predicted octanol–water partition coefficient (Wildman–Crippen LogP) is 5.48. The van der Waals surface area contributed by atoms with E-state index in [-0.39, 0.29) is 46.8 Å². The number of carbonyl (C=O) groups excluding carboxylic acids is 3. The van der Waals surface area contributed by atoms with Crippen LogP contribution in [0.15, 0.2) is 24.5 Å². The van der Waals surface area contributed by atoms with E-state index in [0.717, 1.165) is 0 Å². The normalized spacial score (nSPS) is 16.5. The lowest BCUT2D eigenvalue weighted by atomic mass is 10.2. The number of imide groups is 1. The van der Waals surface area contributed by atoms with Crippen LogP contribution in [0.3, 0.4) is 0 Å². The van der Waals surface area contributed by atoms with E-state index in [1.807, 2.05) is 13.8 Å². The van der Waals surface area contributed by atoms with Crippen LogP contribution in [0.4, 0.5) is 31.3 Å². The van der Waals surface area contributed by atoms with Gasteiger partial charge in [-0.3, -0.25) is 4.79 Å². The Balaban J connectivity index is 1.94. The molecule has 232 valence electrons. The minimum Gasteiger partial charge on any atom is -0.473 e. The lowest BCUT2D eigenvalue weighted by Crippen LogP contribution is -2.45. The van der Waals surface area contributed by atoms with E-state index < -0.39 is 41.5 Å². The molecule has 0 unspecified atom stereocenters. The first-order valence-electron chi connectivity index (χ1n) is 13.9. The second-order valence-corrected chi connectivity index (χ2v) is 12.5. The molecule has 3 aromatic heterocycles. The van der Waals surface area contributed by atoms with E-state index in [4.69, 9.17) is 14.2 Å². The average molecular weight is 600 g/mol. The van der Waals surface area contributed by atoms with Crippen LogP contribution in [0.1, 0.15) is 77.7 Å². The quantitative estimate of drug-likeness (QED) is 0.357. The number of hydrogen-bond acceptors (Lipinski definition) is 10. The van der Waals surface area contributed by atoms with Gasteiger partial charge in [0.25, 0.3) is 5.91 Å². The number of carbonyl (C=O) groups is 3. The van der Waals surface area contributed by atoms with Crippen LogP contribution in [0.5, 0.6) is 5.88 Å². The summed E-state index contributed by atoms with van der Waals surface area (Å²) in [6.07, 6.45) is -0.376. The molecule has 1 aliphatic carbocycles. The zero-order valence-corrected chi connectivity index (χ0v) is 25.8. The summed E-state index contributed by atoms with van der Waals surface area (Å²) in [5.74, 6) is -0.254. The highest BCUT2D eigenvalue weighted by Gasteiger charge is 2.40. The number of rotatable bonds is 7. The molecular weight excluding hydrogens is 561 g/mol. The molecule has 3 heterocycles. The molecule has 0 aromatic carbocycles. The zero-order chi connectivity index (χ0) is 31.9. The van der Waals surface area contributed by atoms with Crippen molar-refractivity contribution >= 4 is 41.1 Å². The molecule has 4 rings (SSSR count). The zero-order valence-electron chi connectivity index (χ0n) is 25.8. The Morgan fingerprint density at radius 2 is 1.70 bits per heavy atom. The third-order valence-corrected chi connectivity index (χ3v) is 5.86. The molecule has 0 radical (unpaired) electrons. The number of fused-ring (bicyclic) bond motifs is 1. The van der Waals surface area contributed by atoms with E-state index in [1.54, 1.807) is 66.8 Å². The number of nitrogens with one attached hydrogen (secondary N) is 2. The lowest BCUT2D eigenvalue weighted by molar-refractivity contribution is 0.0427. The second-order valence-electron chi connectivity index (χ2n) is 12.5. The summed E-state index contributed by atoms with van der Waals surface area (Å²) in [5, 5.41) is 10.1. The molecule has 1 saturated carbocycles. The molecule has 43 heavy (non-hydrogen) atoms.